The number of benzene rings is 2. The van der Waals surface area contributed by atoms with Crippen LogP contribution in [-0.4, -0.2) is 31.1 Å². The Morgan fingerprint density at radius 2 is 1.79 bits per heavy atom. The Morgan fingerprint density at radius 1 is 1.07 bits per heavy atom. The summed E-state index contributed by atoms with van der Waals surface area (Å²) < 4.78 is 32.2. The number of aromatic nitrogens is 2. The first-order valence-corrected chi connectivity index (χ1v) is 10.6. The van der Waals surface area contributed by atoms with Gasteiger partial charge in [-0.2, -0.15) is 0 Å². The van der Waals surface area contributed by atoms with Crippen LogP contribution in [-0.2, 0) is 21.4 Å². The van der Waals surface area contributed by atoms with Crippen LogP contribution in [0.3, 0.4) is 0 Å². The van der Waals surface area contributed by atoms with Gasteiger partial charge in [0.1, 0.15) is 5.75 Å². The average molecular weight is 419 g/mol. The van der Waals surface area contributed by atoms with Crippen LogP contribution in [0.25, 0.3) is 0 Å². The first-order valence-electron chi connectivity index (χ1n) is 8.29. The molecule has 3 aromatic rings. The van der Waals surface area contributed by atoms with Gasteiger partial charge in [0.15, 0.2) is 6.61 Å². The number of sulfonamides is 1. The van der Waals surface area contributed by atoms with Gasteiger partial charge in [0.25, 0.3) is 15.9 Å². The van der Waals surface area contributed by atoms with Crippen molar-refractivity contribution in [2.24, 2.45) is 0 Å². The Hall–Kier alpha value is -2.82. The second kappa shape index (κ2) is 8.91. The molecule has 10 heteroatoms. The van der Waals surface area contributed by atoms with E-state index in [1.165, 1.54) is 0 Å². The lowest BCUT2D eigenvalue weighted by molar-refractivity contribution is -0.118. The van der Waals surface area contributed by atoms with Crippen LogP contribution in [0.4, 0.5) is 5.13 Å². The van der Waals surface area contributed by atoms with Crippen LogP contribution >= 0.6 is 11.3 Å². The van der Waals surface area contributed by atoms with Crippen LogP contribution in [0.2, 0.25) is 0 Å². The molecule has 2 N–H and O–H groups in total. The number of ether oxygens (including phenoxy) is 1. The van der Waals surface area contributed by atoms with Crippen LogP contribution in [0.15, 0.2) is 58.9 Å². The molecular weight excluding hydrogens is 400 g/mol. The number of carbonyl (C=O) groups is 1. The third kappa shape index (κ3) is 5.59. The molecule has 0 saturated carbocycles. The molecule has 3 rings (SSSR count). The molecule has 1 aromatic heterocycles. The first kappa shape index (κ1) is 19.9. The van der Waals surface area contributed by atoms with E-state index in [0.717, 1.165) is 22.5 Å². The molecule has 1 heterocycles. The van der Waals surface area contributed by atoms with Gasteiger partial charge in [-0.25, -0.2) is 13.1 Å². The van der Waals surface area contributed by atoms with Crippen molar-refractivity contribution < 1.29 is 17.9 Å². The number of aryl methyl sites for hydroxylation is 1. The quantitative estimate of drug-likeness (QED) is 0.543. The Balaban J connectivity index is 1.53. The van der Waals surface area contributed by atoms with Gasteiger partial charge in [0, 0.05) is 6.54 Å². The van der Waals surface area contributed by atoms with Crippen molar-refractivity contribution in [3.05, 3.63) is 65.7 Å². The number of carbonyl (C=O) groups excluding carboxylic acids is 1. The Morgan fingerprint density at radius 3 is 2.50 bits per heavy atom. The van der Waals surface area contributed by atoms with Gasteiger partial charge in [-0.05, 0) is 24.6 Å². The summed E-state index contributed by atoms with van der Waals surface area (Å²) in [4.78, 5) is 12.0. The van der Waals surface area contributed by atoms with Crippen molar-refractivity contribution in [2.75, 3.05) is 11.9 Å². The number of anilines is 1. The molecule has 0 spiro atoms. The minimum atomic E-state index is -3.82. The predicted molar refractivity (Wildman–Crippen MR) is 106 cm³/mol. The van der Waals surface area contributed by atoms with E-state index >= 15 is 0 Å². The molecule has 0 radical (unpaired) electrons. The number of amides is 1. The van der Waals surface area contributed by atoms with E-state index in [-0.39, 0.29) is 22.6 Å². The highest BCUT2D eigenvalue weighted by Crippen LogP contribution is 2.20. The molecule has 0 atom stereocenters. The normalized spacial score (nSPS) is 11.2. The monoisotopic (exact) mass is 418 g/mol. The average Bonchev–Trinajstić information content (AvgIpc) is 3.16. The van der Waals surface area contributed by atoms with Crippen LogP contribution < -0.4 is 14.8 Å². The maximum absolute atomic E-state index is 12.3. The molecule has 0 aliphatic carbocycles. The second-order valence-electron chi connectivity index (χ2n) is 5.83. The van der Waals surface area contributed by atoms with Crippen molar-refractivity contribution >= 4 is 32.4 Å². The van der Waals surface area contributed by atoms with E-state index < -0.39 is 15.9 Å². The Labute approximate surface area is 166 Å². The molecule has 2 aromatic carbocycles. The SMILES string of the molecule is Cc1ccc(OCC(=O)Nc2nnc(S(=O)(=O)NCc3ccccc3)s2)cc1. The molecule has 0 bridgehead atoms. The molecule has 1 amide bonds. The van der Waals surface area contributed by atoms with Crippen molar-refractivity contribution in [2.45, 2.75) is 17.8 Å². The number of nitrogens with one attached hydrogen (secondary N) is 2. The van der Waals surface area contributed by atoms with Crippen molar-refractivity contribution in [1.29, 1.82) is 0 Å². The van der Waals surface area contributed by atoms with Gasteiger partial charge in [-0.15, -0.1) is 10.2 Å². The van der Waals surface area contributed by atoms with Gasteiger partial charge in [0.05, 0.1) is 0 Å². The fourth-order valence-corrected chi connectivity index (χ4v) is 4.12. The van der Waals surface area contributed by atoms with Crippen molar-refractivity contribution in [3.63, 3.8) is 0 Å². The molecular formula is C18H18N4O4S2. The van der Waals surface area contributed by atoms with Gasteiger partial charge < -0.3 is 4.74 Å². The fraction of sp³-hybridized carbons (Fsp3) is 0.167. The van der Waals surface area contributed by atoms with Gasteiger partial charge >= 0.3 is 0 Å². The predicted octanol–water partition coefficient (Wildman–Crippen LogP) is 2.34. The van der Waals surface area contributed by atoms with E-state index in [1.54, 1.807) is 12.1 Å². The maximum Gasteiger partial charge on any atom is 0.270 e. The largest absolute Gasteiger partial charge is 0.484 e. The molecule has 28 heavy (non-hydrogen) atoms. The molecule has 146 valence electrons. The summed E-state index contributed by atoms with van der Waals surface area (Å²) >= 11 is 0.767. The zero-order valence-corrected chi connectivity index (χ0v) is 16.6. The lowest BCUT2D eigenvalue weighted by Gasteiger charge is -2.05. The Bertz CT molecular complexity index is 1030. The van der Waals surface area contributed by atoms with Gasteiger partial charge in [-0.1, -0.05) is 59.4 Å². The highest BCUT2D eigenvalue weighted by Gasteiger charge is 2.20. The van der Waals surface area contributed by atoms with Gasteiger partial charge in [0.2, 0.25) is 9.47 Å². The standard InChI is InChI=1S/C18H18N4O4S2/c1-13-7-9-15(10-8-13)26-12-16(23)20-17-21-22-18(27-17)28(24,25)19-11-14-5-3-2-4-6-14/h2-10,19H,11-12H2,1H3,(H,20,21,23). The number of rotatable bonds is 8. The van der Waals surface area contributed by atoms with E-state index in [1.807, 2.05) is 49.4 Å². The van der Waals surface area contributed by atoms with E-state index in [2.05, 4.69) is 20.2 Å². The van der Waals surface area contributed by atoms with Crippen LogP contribution in [0.1, 0.15) is 11.1 Å². The molecule has 0 fully saturated rings. The summed E-state index contributed by atoms with van der Waals surface area (Å²) in [5, 5.41) is 9.91. The summed E-state index contributed by atoms with van der Waals surface area (Å²) in [6.45, 7) is 1.86. The topological polar surface area (TPSA) is 110 Å². The molecule has 8 nitrogen and oxygen atoms in total. The highest BCUT2D eigenvalue weighted by atomic mass is 32.2. The van der Waals surface area contributed by atoms with Crippen LogP contribution in [0.5, 0.6) is 5.75 Å². The summed E-state index contributed by atoms with van der Waals surface area (Å²) in [6.07, 6.45) is 0. The van der Waals surface area contributed by atoms with Crippen molar-refractivity contribution in [3.8, 4) is 5.75 Å². The lowest BCUT2D eigenvalue weighted by Crippen LogP contribution is -2.23. The Kier molecular flexibility index (Phi) is 6.34. The third-order valence-corrected chi connectivity index (χ3v) is 6.19. The van der Waals surface area contributed by atoms with E-state index in [4.69, 9.17) is 4.74 Å². The highest BCUT2D eigenvalue weighted by molar-refractivity contribution is 7.91. The fourth-order valence-electron chi connectivity index (χ4n) is 2.14. The third-order valence-electron chi connectivity index (χ3n) is 3.58. The van der Waals surface area contributed by atoms with E-state index in [0.29, 0.717) is 5.75 Å². The summed E-state index contributed by atoms with van der Waals surface area (Å²) in [7, 11) is -3.82. The summed E-state index contributed by atoms with van der Waals surface area (Å²) in [5.41, 5.74) is 1.90. The second-order valence-corrected chi connectivity index (χ2v) is 8.75. The van der Waals surface area contributed by atoms with Crippen molar-refractivity contribution in [1.82, 2.24) is 14.9 Å². The van der Waals surface area contributed by atoms with Gasteiger partial charge in [-0.3, -0.25) is 10.1 Å². The maximum atomic E-state index is 12.3. The number of hydrogen-bond acceptors (Lipinski definition) is 7. The minimum absolute atomic E-state index is 0.0811. The number of hydrogen-bond donors (Lipinski definition) is 2. The number of nitrogens with zero attached hydrogens (tertiary/aromatic N) is 2. The first-order chi connectivity index (χ1) is 13.4. The molecule has 0 saturated heterocycles. The van der Waals surface area contributed by atoms with Crippen LogP contribution in [0, 0.1) is 6.92 Å². The molecule has 0 aliphatic heterocycles. The summed E-state index contributed by atoms with van der Waals surface area (Å²) in [6, 6.07) is 16.4. The zero-order valence-electron chi connectivity index (χ0n) is 15.0. The zero-order chi connectivity index (χ0) is 20.0. The lowest BCUT2D eigenvalue weighted by atomic mass is 10.2. The molecule has 0 unspecified atom stereocenters. The smallest absolute Gasteiger partial charge is 0.270 e. The minimum Gasteiger partial charge on any atom is -0.484 e. The van der Waals surface area contributed by atoms with E-state index in [9.17, 15) is 13.2 Å². The summed E-state index contributed by atoms with van der Waals surface area (Å²) in [5.74, 6) is 0.101. The molecule has 0 aliphatic rings.